The number of carbonyl (C=O) groups excluding carboxylic acids is 1. The highest BCUT2D eigenvalue weighted by Crippen LogP contribution is 2.35. The van der Waals surface area contributed by atoms with Crippen molar-refractivity contribution in [2.75, 3.05) is 19.8 Å². The standard InChI is InChI=1S/C12H20O3/c1-12(5-2-10(13)3-6-12)9-15-11-4-7-14-8-11/h11H,2-9H2,1H3/t11-/m0/s1. The van der Waals surface area contributed by atoms with Crippen LogP contribution in [0, 0.1) is 5.41 Å². The second-order valence-electron chi connectivity index (χ2n) is 5.15. The molecule has 0 radical (unpaired) electrons. The van der Waals surface area contributed by atoms with E-state index < -0.39 is 0 Å². The molecule has 1 atom stereocenters. The average molecular weight is 212 g/mol. The smallest absolute Gasteiger partial charge is 0.132 e. The molecule has 0 bridgehead atoms. The predicted octanol–water partition coefficient (Wildman–Crippen LogP) is 1.94. The van der Waals surface area contributed by atoms with Gasteiger partial charge in [0.1, 0.15) is 5.78 Å². The van der Waals surface area contributed by atoms with Gasteiger partial charge in [-0.05, 0) is 24.7 Å². The molecule has 1 heterocycles. The molecule has 0 aromatic heterocycles. The lowest BCUT2D eigenvalue weighted by Gasteiger charge is -2.33. The van der Waals surface area contributed by atoms with Crippen LogP contribution in [0.2, 0.25) is 0 Å². The summed E-state index contributed by atoms with van der Waals surface area (Å²) < 4.78 is 11.1. The van der Waals surface area contributed by atoms with Crippen molar-refractivity contribution < 1.29 is 14.3 Å². The van der Waals surface area contributed by atoms with E-state index >= 15 is 0 Å². The zero-order valence-corrected chi connectivity index (χ0v) is 9.46. The van der Waals surface area contributed by atoms with Crippen LogP contribution in [-0.2, 0) is 14.3 Å². The second kappa shape index (κ2) is 4.62. The topological polar surface area (TPSA) is 35.5 Å². The maximum atomic E-state index is 11.2. The minimum Gasteiger partial charge on any atom is -0.379 e. The first kappa shape index (κ1) is 11.1. The summed E-state index contributed by atoms with van der Waals surface area (Å²) in [6.07, 6.45) is 4.76. The van der Waals surface area contributed by atoms with Crippen LogP contribution < -0.4 is 0 Å². The second-order valence-corrected chi connectivity index (χ2v) is 5.15. The zero-order valence-electron chi connectivity index (χ0n) is 9.46. The molecule has 1 aliphatic carbocycles. The summed E-state index contributed by atoms with van der Waals surface area (Å²) in [4.78, 5) is 11.2. The molecule has 3 heteroatoms. The van der Waals surface area contributed by atoms with E-state index in [1.165, 1.54) is 0 Å². The lowest BCUT2D eigenvalue weighted by Crippen LogP contribution is -2.31. The molecule has 1 saturated heterocycles. The largest absolute Gasteiger partial charge is 0.379 e. The predicted molar refractivity (Wildman–Crippen MR) is 56.8 cm³/mol. The first-order valence-corrected chi connectivity index (χ1v) is 5.89. The Labute approximate surface area is 91.1 Å². The van der Waals surface area contributed by atoms with E-state index in [2.05, 4.69) is 6.92 Å². The summed E-state index contributed by atoms with van der Waals surface area (Å²) in [5, 5.41) is 0. The normalized spacial score (nSPS) is 30.7. The Morgan fingerprint density at radius 2 is 2.20 bits per heavy atom. The fourth-order valence-corrected chi connectivity index (χ4v) is 2.24. The minimum absolute atomic E-state index is 0.219. The lowest BCUT2D eigenvalue weighted by molar-refractivity contribution is -0.123. The van der Waals surface area contributed by atoms with Crippen molar-refractivity contribution in [2.24, 2.45) is 5.41 Å². The van der Waals surface area contributed by atoms with E-state index in [9.17, 15) is 4.79 Å². The summed E-state index contributed by atoms with van der Waals surface area (Å²) in [7, 11) is 0. The third-order valence-corrected chi connectivity index (χ3v) is 3.57. The molecule has 0 amide bonds. The Morgan fingerprint density at radius 3 is 2.80 bits per heavy atom. The van der Waals surface area contributed by atoms with E-state index in [1.54, 1.807) is 0 Å². The van der Waals surface area contributed by atoms with E-state index in [1.807, 2.05) is 0 Å². The van der Waals surface area contributed by atoms with Crippen LogP contribution in [0.15, 0.2) is 0 Å². The van der Waals surface area contributed by atoms with Crippen LogP contribution in [0.4, 0.5) is 0 Å². The molecule has 0 N–H and O–H groups in total. The average Bonchev–Trinajstić information content (AvgIpc) is 2.73. The number of hydrogen-bond donors (Lipinski definition) is 0. The first-order chi connectivity index (χ1) is 7.18. The minimum atomic E-state index is 0.219. The van der Waals surface area contributed by atoms with Crippen LogP contribution in [0.3, 0.4) is 0 Å². The molecule has 0 aromatic rings. The number of rotatable bonds is 3. The van der Waals surface area contributed by atoms with E-state index in [4.69, 9.17) is 9.47 Å². The number of Topliss-reactive ketones (excluding diaryl/α,β-unsaturated/α-hetero) is 1. The molecule has 15 heavy (non-hydrogen) atoms. The summed E-state index contributed by atoms with van der Waals surface area (Å²) in [6, 6.07) is 0. The Hall–Kier alpha value is -0.410. The number of hydrogen-bond acceptors (Lipinski definition) is 3. The Bertz CT molecular complexity index is 221. The molecule has 0 spiro atoms. The highest BCUT2D eigenvalue weighted by molar-refractivity contribution is 5.79. The molecule has 0 unspecified atom stereocenters. The van der Waals surface area contributed by atoms with Crippen molar-refractivity contribution in [3.63, 3.8) is 0 Å². The fraction of sp³-hybridized carbons (Fsp3) is 0.917. The fourth-order valence-electron chi connectivity index (χ4n) is 2.24. The van der Waals surface area contributed by atoms with Gasteiger partial charge in [-0.1, -0.05) is 6.92 Å². The molecule has 3 nitrogen and oxygen atoms in total. The monoisotopic (exact) mass is 212 g/mol. The summed E-state index contributed by atoms with van der Waals surface area (Å²) in [6.45, 7) is 4.60. The summed E-state index contributed by atoms with van der Waals surface area (Å²) >= 11 is 0. The van der Waals surface area contributed by atoms with Crippen molar-refractivity contribution in [1.82, 2.24) is 0 Å². The highest BCUT2D eigenvalue weighted by Gasteiger charge is 2.31. The quantitative estimate of drug-likeness (QED) is 0.717. The molecule has 2 aliphatic rings. The van der Waals surface area contributed by atoms with Crippen molar-refractivity contribution in [2.45, 2.75) is 45.1 Å². The van der Waals surface area contributed by atoms with Gasteiger partial charge in [-0.3, -0.25) is 4.79 Å². The Balaban J connectivity index is 1.74. The maximum Gasteiger partial charge on any atom is 0.132 e. The van der Waals surface area contributed by atoms with Gasteiger partial charge in [0, 0.05) is 19.4 Å². The maximum absolute atomic E-state index is 11.2. The van der Waals surface area contributed by atoms with Gasteiger partial charge < -0.3 is 9.47 Å². The van der Waals surface area contributed by atoms with Crippen molar-refractivity contribution in [3.05, 3.63) is 0 Å². The van der Waals surface area contributed by atoms with Gasteiger partial charge in [-0.25, -0.2) is 0 Å². The molecule has 86 valence electrons. The Kier molecular flexibility index (Phi) is 3.42. The van der Waals surface area contributed by atoms with Crippen LogP contribution in [0.25, 0.3) is 0 Å². The van der Waals surface area contributed by atoms with Gasteiger partial charge >= 0.3 is 0 Å². The molecule has 0 aromatic carbocycles. The molecular weight excluding hydrogens is 192 g/mol. The highest BCUT2D eigenvalue weighted by atomic mass is 16.5. The van der Waals surface area contributed by atoms with Gasteiger partial charge in [0.25, 0.3) is 0 Å². The van der Waals surface area contributed by atoms with E-state index in [0.717, 1.165) is 51.9 Å². The molecule has 2 fully saturated rings. The molecular formula is C12H20O3. The van der Waals surface area contributed by atoms with Crippen molar-refractivity contribution in [3.8, 4) is 0 Å². The zero-order chi connectivity index (χ0) is 10.7. The third-order valence-electron chi connectivity index (χ3n) is 3.57. The summed E-state index contributed by atoms with van der Waals surface area (Å²) in [5.41, 5.74) is 0.219. The van der Waals surface area contributed by atoms with Crippen molar-refractivity contribution >= 4 is 5.78 Å². The van der Waals surface area contributed by atoms with Crippen LogP contribution in [0.5, 0.6) is 0 Å². The molecule has 1 aliphatic heterocycles. The van der Waals surface area contributed by atoms with Crippen molar-refractivity contribution in [1.29, 1.82) is 0 Å². The summed E-state index contributed by atoms with van der Waals surface area (Å²) in [5.74, 6) is 0.414. The lowest BCUT2D eigenvalue weighted by atomic mass is 9.76. The third kappa shape index (κ3) is 3.02. The Morgan fingerprint density at radius 1 is 1.47 bits per heavy atom. The van der Waals surface area contributed by atoms with Crippen LogP contribution in [0.1, 0.15) is 39.0 Å². The van der Waals surface area contributed by atoms with E-state index in [0.29, 0.717) is 11.9 Å². The molecule has 2 rings (SSSR count). The number of carbonyl (C=O) groups is 1. The van der Waals surface area contributed by atoms with Gasteiger partial charge in [-0.15, -0.1) is 0 Å². The van der Waals surface area contributed by atoms with Gasteiger partial charge in [0.2, 0.25) is 0 Å². The number of ether oxygens (including phenoxy) is 2. The SMILES string of the molecule is CC1(CO[C@H]2CCOC2)CCC(=O)CC1. The molecule has 1 saturated carbocycles. The van der Waals surface area contributed by atoms with Crippen LogP contribution in [-0.4, -0.2) is 31.7 Å². The van der Waals surface area contributed by atoms with Gasteiger partial charge in [0.15, 0.2) is 0 Å². The number of ketones is 1. The van der Waals surface area contributed by atoms with Crippen LogP contribution >= 0.6 is 0 Å². The van der Waals surface area contributed by atoms with E-state index in [-0.39, 0.29) is 5.41 Å². The van der Waals surface area contributed by atoms with Gasteiger partial charge in [-0.2, -0.15) is 0 Å². The van der Waals surface area contributed by atoms with Gasteiger partial charge in [0.05, 0.1) is 19.3 Å². The first-order valence-electron chi connectivity index (χ1n) is 5.89.